The van der Waals surface area contributed by atoms with Crippen LogP contribution < -0.4 is 5.73 Å². The number of ether oxygens (including phenoxy) is 1. The Morgan fingerprint density at radius 3 is 2.75 bits per heavy atom. The summed E-state index contributed by atoms with van der Waals surface area (Å²) >= 11 is 0. The molecular formula is C14H22N2O3S. The van der Waals surface area contributed by atoms with Gasteiger partial charge < -0.3 is 10.5 Å². The first-order valence-corrected chi connectivity index (χ1v) is 8.29. The third kappa shape index (κ3) is 2.82. The Labute approximate surface area is 120 Å². The van der Waals surface area contributed by atoms with Gasteiger partial charge in [-0.05, 0) is 38.0 Å². The molecule has 6 heteroatoms. The quantitative estimate of drug-likeness (QED) is 0.863. The molecule has 0 amide bonds. The van der Waals surface area contributed by atoms with Crippen molar-refractivity contribution in [3.63, 3.8) is 0 Å². The van der Waals surface area contributed by atoms with E-state index < -0.39 is 10.0 Å². The lowest BCUT2D eigenvalue weighted by Crippen LogP contribution is -2.51. The van der Waals surface area contributed by atoms with E-state index in [0.717, 1.165) is 12.0 Å². The predicted octanol–water partition coefficient (Wildman–Crippen LogP) is 1.77. The van der Waals surface area contributed by atoms with E-state index in [1.165, 1.54) is 6.07 Å². The van der Waals surface area contributed by atoms with Crippen molar-refractivity contribution in [1.29, 1.82) is 0 Å². The van der Waals surface area contributed by atoms with Gasteiger partial charge in [-0.1, -0.05) is 13.0 Å². The second-order valence-corrected chi connectivity index (χ2v) is 7.19. The number of hydrogen-bond acceptors (Lipinski definition) is 4. The second-order valence-electron chi connectivity index (χ2n) is 5.30. The van der Waals surface area contributed by atoms with Crippen molar-refractivity contribution in [2.45, 2.75) is 44.2 Å². The van der Waals surface area contributed by atoms with Crippen LogP contribution in [0.4, 0.5) is 5.69 Å². The molecule has 1 heterocycles. The molecular weight excluding hydrogens is 276 g/mol. The fourth-order valence-corrected chi connectivity index (χ4v) is 4.14. The maximum atomic E-state index is 12.8. The number of morpholine rings is 1. The zero-order valence-corrected chi connectivity index (χ0v) is 13.0. The van der Waals surface area contributed by atoms with E-state index in [1.807, 2.05) is 20.8 Å². The second kappa shape index (κ2) is 5.71. The van der Waals surface area contributed by atoms with Crippen LogP contribution in [0.5, 0.6) is 0 Å². The van der Waals surface area contributed by atoms with Gasteiger partial charge in [0.2, 0.25) is 10.0 Å². The van der Waals surface area contributed by atoms with Crippen molar-refractivity contribution in [2.75, 3.05) is 18.9 Å². The van der Waals surface area contributed by atoms with E-state index >= 15 is 0 Å². The summed E-state index contributed by atoms with van der Waals surface area (Å²) in [4.78, 5) is 0.258. The number of benzene rings is 1. The summed E-state index contributed by atoms with van der Waals surface area (Å²) in [6.45, 7) is 6.54. The maximum absolute atomic E-state index is 12.8. The van der Waals surface area contributed by atoms with Gasteiger partial charge in [-0.3, -0.25) is 0 Å². The van der Waals surface area contributed by atoms with Crippen molar-refractivity contribution in [1.82, 2.24) is 4.31 Å². The Kier molecular flexibility index (Phi) is 4.36. The molecule has 1 fully saturated rings. The number of nitrogens with two attached hydrogens (primary N) is 1. The Balaban J connectivity index is 2.39. The molecule has 1 aromatic carbocycles. The van der Waals surface area contributed by atoms with E-state index in [1.54, 1.807) is 16.4 Å². The van der Waals surface area contributed by atoms with Crippen molar-refractivity contribution < 1.29 is 13.2 Å². The van der Waals surface area contributed by atoms with Crippen LogP contribution in [-0.4, -0.2) is 38.0 Å². The molecule has 0 bridgehead atoms. The van der Waals surface area contributed by atoms with E-state index in [9.17, 15) is 8.42 Å². The lowest BCUT2D eigenvalue weighted by molar-refractivity contribution is -0.0230. The normalized spacial score (nSPS) is 24.8. The summed E-state index contributed by atoms with van der Waals surface area (Å²) in [5, 5.41) is 0. The highest BCUT2D eigenvalue weighted by Gasteiger charge is 2.35. The minimum absolute atomic E-state index is 0.0876. The third-order valence-corrected chi connectivity index (χ3v) is 5.66. The number of rotatable bonds is 3. The molecule has 5 nitrogen and oxygen atoms in total. The van der Waals surface area contributed by atoms with Crippen LogP contribution in [0.15, 0.2) is 23.1 Å². The molecule has 1 saturated heterocycles. The Hall–Kier alpha value is -1.11. The van der Waals surface area contributed by atoms with Gasteiger partial charge in [0.15, 0.2) is 0 Å². The van der Waals surface area contributed by atoms with Gasteiger partial charge in [-0.15, -0.1) is 0 Å². The smallest absolute Gasteiger partial charge is 0.243 e. The molecule has 112 valence electrons. The number of aryl methyl sites for hydroxylation is 1. The van der Waals surface area contributed by atoms with Crippen LogP contribution >= 0.6 is 0 Å². The lowest BCUT2D eigenvalue weighted by Gasteiger charge is -2.37. The molecule has 20 heavy (non-hydrogen) atoms. The first-order valence-electron chi connectivity index (χ1n) is 6.85. The molecule has 2 unspecified atom stereocenters. The monoisotopic (exact) mass is 298 g/mol. The van der Waals surface area contributed by atoms with Crippen LogP contribution in [0.25, 0.3) is 0 Å². The number of nitrogens with zero attached hydrogens (tertiary/aromatic N) is 1. The molecule has 0 aliphatic carbocycles. The third-order valence-electron chi connectivity index (χ3n) is 3.75. The summed E-state index contributed by atoms with van der Waals surface area (Å²) in [5.41, 5.74) is 7.21. The minimum Gasteiger partial charge on any atom is -0.398 e. The van der Waals surface area contributed by atoms with Crippen molar-refractivity contribution >= 4 is 15.7 Å². The minimum atomic E-state index is -3.52. The molecule has 0 spiro atoms. The van der Waals surface area contributed by atoms with E-state index in [2.05, 4.69) is 0 Å². The summed E-state index contributed by atoms with van der Waals surface area (Å²) in [5.74, 6) is 0. The Morgan fingerprint density at radius 1 is 1.45 bits per heavy atom. The highest BCUT2D eigenvalue weighted by molar-refractivity contribution is 7.89. The standard InChI is InChI=1S/C14H22N2O3S/c1-4-12-9-19-11(3)8-16(12)20(17,18)13-6-5-10(2)14(15)7-13/h5-7,11-12H,4,8-9,15H2,1-3H3. The maximum Gasteiger partial charge on any atom is 0.243 e. The van der Waals surface area contributed by atoms with Crippen LogP contribution in [0.1, 0.15) is 25.8 Å². The van der Waals surface area contributed by atoms with Crippen LogP contribution in [0.3, 0.4) is 0 Å². The predicted molar refractivity (Wildman–Crippen MR) is 79.0 cm³/mol. The molecule has 1 aromatic rings. The van der Waals surface area contributed by atoms with Gasteiger partial charge in [0.05, 0.1) is 17.6 Å². The molecule has 1 aliphatic rings. The highest BCUT2D eigenvalue weighted by Crippen LogP contribution is 2.26. The van der Waals surface area contributed by atoms with Gasteiger partial charge >= 0.3 is 0 Å². The fourth-order valence-electron chi connectivity index (χ4n) is 2.34. The fraction of sp³-hybridized carbons (Fsp3) is 0.571. The molecule has 1 aliphatic heterocycles. The molecule has 0 radical (unpaired) electrons. The summed E-state index contributed by atoms with van der Waals surface area (Å²) in [7, 11) is -3.52. The summed E-state index contributed by atoms with van der Waals surface area (Å²) in [6, 6.07) is 4.79. The summed E-state index contributed by atoms with van der Waals surface area (Å²) in [6.07, 6.45) is 0.642. The Morgan fingerprint density at radius 2 is 2.15 bits per heavy atom. The van der Waals surface area contributed by atoms with Gasteiger partial charge in [0.25, 0.3) is 0 Å². The molecule has 2 rings (SSSR count). The van der Waals surface area contributed by atoms with Crippen LogP contribution in [0.2, 0.25) is 0 Å². The largest absolute Gasteiger partial charge is 0.398 e. The van der Waals surface area contributed by atoms with Gasteiger partial charge in [-0.2, -0.15) is 4.31 Å². The van der Waals surface area contributed by atoms with Gasteiger partial charge in [0.1, 0.15) is 0 Å². The highest BCUT2D eigenvalue weighted by atomic mass is 32.2. The zero-order chi connectivity index (χ0) is 14.9. The molecule has 0 aromatic heterocycles. The van der Waals surface area contributed by atoms with Crippen LogP contribution in [0, 0.1) is 6.92 Å². The van der Waals surface area contributed by atoms with Crippen molar-refractivity contribution in [3.8, 4) is 0 Å². The van der Waals surface area contributed by atoms with Crippen molar-refractivity contribution in [3.05, 3.63) is 23.8 Å². The topological polar surface area (TPSA) is 72.6 Å². The van der Waals surface area contributed by atoms with E-state index in [0.29, 0.717) is 18.8 Å². The average molecular weight is 298 g/mol. The Bertz CT molecular complexity index is 586. The zero-order valence-electron chi connectivity index (χ0n) is 12.2. The lowest BCUT2D eigenvalue weighted by atomic mass is 10.2. The summed E-state index contributed by atoms with van der Waals surface area (Å²) < 4.78 is 32.7. The number of anilines is 1. The SMILES string of the molecule is CCC1COC(C)CN1S(=O)(=O)c1ccc(C)c(N)c1. The van der Waals surface area contributed by atoms with E-state index in [-0.39, 0.29) is 17.0 Å². The number of hydrogen-bond donors (Lipinski definition) is 1. The van der Waals surface area contributed by atoms with Crippen LogP contribution in [-0.2, 0) is 14.8 Å². The van der Waals surface area contributed by atoms with Gasteiger partial charge in [-0.25, -0.2) is 8.42 Å². The first-order chi connectivity index (χ1) is 9.36. The number of sulfonamides is 1. The van der Waals surface area contributed by atoms with E-state index in [4.69, 9.17) is 10.5 Å². The first kappa shape index (κ1) is 15.3. The molecule has 2 N–H and O–H groups in total. The molecule has 0 saturated carbocycles. The number of nitrogen functional groups attached to an aromatic ring is 1. The van der Waals surface area contributed by atoms with Crippen molar-refractivity contribution in [2.24, 2.45) is 0 Å². The molecule has 2 atom stereocenters. The van der Waals surface area contributed by atoms with Gasteiger partial charge in [0, 0.05) is 18.3 Å². The average Bonchev–Trinajstić information content (AvgIpc) is 2.41.